The predicted molar refractivity (Wildman–Crippen MR) is 139 cm³/mol. The molecule has 0 spiro atoms. The van der Waals surface area contributed by atoms with Crippen LogP contribution in [-0.2, 0) is 26.1 Å². The molecule has 0 N–H and O–H groups in total. The van der Waals surface area contributed by atoms with Gasteiger partial charge in [-0.2, -0.15) is 0 Å². The standard InChI is InChI=1S/C28H30ClF5O3Si/c1-35-38(36-2,37-3)16-15-19-11-9-18(10-12-19)13-14-21(17-22(29)20-7-5-4-6-8-20)23-24(30)26(32)28(34)27(33)25(23)31/h4-12,21-22H,13-17H2,1-3H3/i4T. The molecule has 3 nitrogen and oxygen atoms in total. The molecule has 0 bridgehead atoms. The largest absolute Gasteiger partial charge is 0.500 e. The maximum atomic E-state index is 14.8. The molecule has 0 aliphatic carbocycles. The molecule has 3 aromatic rings. The number of rotatable bonds is 13. The maximum Gasteiger partial charge on any atom is 0.500 e. The van der Waals surface area contributed by atoms with Crippen molar-refractivity contribution in [1.29, 1.82) is 0 Å². The van der Waals surface area contributed by atoms with Gasteiger partial charge in [0.1, 0.15) is 0 Å². The second kappa shape index (κ2) is 13.7. The average Bonchev–Trinajstić information content (AvgIpc) is 2.95. The molecule has 0 radical (unpaired) electrons. The Kier molecular flexibility index (Phi) is 10.3. The topological polar surface area (TPSA) is 27.7 Å². The quantitative estimate of drug-likeness (QED) is 0.0683. The first kappa shape index (κ1) is 28.7. The van der Waals surface area contributed by atoms with E-state index < -0.39 is 54.7 Å². The van der Waals surface area contributed by atoms with Crippen molar-refractivity contribution in [2.24, 2.45) is 0 Å². The van der Waals surface area contributed by atoms with E-state index in [1.54, 1.807) is 33.5 Å². The Labute approximate surface area is 227 Å². The van der Waals surface area contributed by atoms with Gasteiger partial charge in [-0.1, -0.05) is 54.6 Å². The van der Waals surface area contributed by atoms with Crippen LogP contribution >= 0.6 is 11.6 Å². The van der Waals surface area contributed by atoms with Gasteiger partial charge in [-0.25, -0.2) is 22.0 Å². The van der Waals surface area contributed by atoms with Gasteiger partial charge in [0.25, 0.3) is 0 Å². The summed E-state index contributed by atoms with van der Waals surface area (Å²) >= 11 is 6.53. The Morgan fingerprint density at radius 1 is 0.763 bits per heavy atom. The second-order valence-corrected chi connectivity index (χ2v) is 12.5. The third-order valence-corrected chi connectivity index (χ3v) is 9.87. The first-order chi connectivity index (χ1) is 18.6. The van der Waals surface area contributed by atoms with Crippen molar-refractivity contribution < 1.29 is 36.6 Å². The molecule has 0 aliphatic rings. The molecule has 0 saturated heterocycles. The molecule has 3 aromatic carbocycles. The van der Waals surface area contributed by atoms with Crippen molar-refractivity contribution in [1.82, 2.24) is 0 Å². The highest BCUT2D eigenvalue weighted by molar-refractivity contribution is 6.60. The van der Waals surface area contributed by atoms with Crippen molar-refractivity contribution in [3.05, 3.63) is 106 Å². The SMILES string of the molecule is [3H]c1ccc(C(Cl)CC(CCc2ccc(CC[Si](OC)(OC)OC)cc2)c2c(F)c(F)c(F)c(F)c2F)cc1. The molecule has 2 unspecified atom stereocenters. The Bertz CT molecular complexity index is 1210. The van der Waals surface area contributed by atoms with Gasteiger partial charge in [0, 0.05) is 32.9 Å². The van der Waals surface area contributed by atoms with Crippen LogP contribution in [0.2, 0.25) is 6.04 Å². The highest BCUT2D eigenvalue weighted by atomic mass is 35.5. The zero-order valence-electron chi connectivity index (χ0n) is 22.3. The third kappa shape index (κ3) is 7.01. The van der Waals surface area contributed by atoms with Crippen LogP contribution in [0.5, 0.6) is 0 Å². The molecule has 0 fully saturated rings. The molecule has 10 heteroatoms. The maximum absolute atomic E-state index is 14.8. The fourth-order valence-electron chi connectivity index (χ4n) is 4.42. The molecule has 0 aromatic heterocycles. The number of hydrogen-bond donors (Lipinski definition) is 0. The van der Waals surface area contributed by atoms with E-state index in [1.165, 1.54) is 12.1 Å². The number of hydrogen-bond acceptors (Lipinski definition) is 3. The fourth-order valence-corrected chi connectivity index (χ4v) is 6.49. The Hall–Kier alpha value is -2.30. The van der Waals surface area contributed by atoms with Crippen molar-refractivity contribution in [3.8, 4) is 0 Å². The van der Waals surface area contributed by atoms with Crippen LogP contribution in [0.25, 0.3) is 0 Å². The highest BCUT2D eigenvalue weighted by Gasteiger charge is 2.37. The minimum atomic E-state index is -2.73. The summed E-state index contributed by atoms with van der Waals surface area (Å²) in [5.41, 5.74) is 1.53. The summed E-state index contributed by atoms with van der Waals surface area (Å²) in [6.45, 7) is 0. The minimum absolute atomic E-state index is 0.0763. The Balaban J connectivity index is 1.82. The number of alkyl halides is 1. The van der Waals surface area contributed by atoms with E-state index in [0.29, 0.717) is 24.4 Å². The van der Waals surface area contributed by atoms with Crippen LogP contribution in [0.15, 0.2) is 54.6 Å². The number of benzene rings is 3. The summed E-state index contributed by atoms with van der Waals surface area (Å²) in [4.78, 5) is 0. The monoisotopic (exact) mass is 574 g/mol. The number of aryl methyl sites for hydroxylation is 2. The van der Waals surface area contributed by atoms with Crippen molar-refractivity contribution in [2.75, 3.05) is 21.3 Å². The first-order valence-corrected chi connectivity index (χ1v) is 14.4. The summed E-state index contributed by atoms with van der Waals surface area (Å²) in [5, 5.41) is -0.778. The lowest BCUT2D eigenvalue weighted by Gasteiger charge is -2.24. The van der Waals surface area contributed by atoms with E-state index in [0.717, 1.165) is 11.1 Å². The van der Waals surface area contributed by atoms with Crippen molar-refractivity contribution in [2.45, 2.75) is 43.0 Å². The fraction of sp³-hybridized carbons (Fsp3) is 0.357. The van der Waals surface area contributed by atoms with Gasteiger partial charge in [0.05, 0.1) is 6.75 Å². The zero-order chi connectivity index (χ0) is 28.7. The summed E-state index contributed by atoms with van der Waals surface area (Å²) in [7, 11) is 1.89. The smallest absolute Gasteiger partial charge is 0.377 e. The molecule has 0 aliphatic heterocycles. The lowest BCUT2D eigenvalue weighted by Crippen LogP contribution is -2.43. The van der Waals surface area contributed by atoms with E-state index >= 15 is 0 Å². The molecule has 0 saturated carbocycles. The van der Waals surface area contributed by atoms with Gasteiger partial charge in [-0.05, 0) is 48.3 Å². The van der Waals surface area contributed by atoms with Crippen LogP contribution in [0.3, 0.4) is 0 Å². The molecule has 38 heavy (non-hydrogen) atoms. The average molecular weight is 575 g/mol. The summed E-state index contributed by atoms with van der Waals surface area (Å²) < 4.78 is 95.4. The second-order valence-electron chi connectivity index (χ2n) is 8.87. The first-order valence-electron chi connectivity index (χ1n) is 12.5. The van der Waals surface area contributed by atoms with Crippen LogP contribution in [-0.4, -0.2) is 30.1 Å². The van der Waals surface area contributed by atoms with E-state index in [1.807, 2.05) is 24.3 Å². The van der Waals surface area contributed by atoms with Crippen LogP contribution in [0.4, 0.5) is 22.0 Å². The van der Waals surface area contributed by atoms with E-state index in [2.05, 4.69) is 0 Å². The van der Waals surface area contributed by atoms with Crippen LogP contribution in [0, 0.1) is 29.1 Å². The predicted octanol–water partition coefficient (Wildman–Crippen LogP) is 7.89. The number of halogens is 6. The molecule has 0 amide bonds. The van der Waals surface area contributed by atoms with E-state index in [-0.39, 0.29) is 18.9 Å². The summed E-state index contributed by atoms with van der Waals surface area (Å²) in [6.07, 6.45) is 0.963. The minimum Gasteiger partial charge on any atom is -0.377 e. The molecular formula is C28H30ClF5O3Si. The van der Waals surface area contributed by atoms with Gasteiger partial charge in [0.2, 0.25) is 5.82 Å². The third-order valence-electron chi connectivity index (χ3n) is 6.71. The molecule has 3 rings (SSSR count). The van der Waals surface area contributed by atoms with E-state index in [4.69, 9.17) is 26.2 Å². The molecule has 206 valence electrons. The lowest BCUT2D eigenvalue weighted by molar-refractivity contribution is 0.123. The Morgan fingerprint density at radius 2 is 1.24 bits per heavy atom. The van der Waals surface area contributed by atoms with Crippen LogP contribution in [0.1, 0.15) is 47.8 Å². The summed E-state index contributed by atoms with van der Waals surface area (Å²) in [5.74, 6) is -10.9. The van der Waals surface area contributed by atoms with Gasteiger partial charge in [-0.3, -0.25) is 0 Å². The zero-order valence-corrected chi connectivity index (χ0v) is 23.1. The normalized spacial score (nSPS) is 13.9. The Morgan fingerprint density at radius 3 is 1.74 bits per heavy atom. The molecule has 0 heterocycles. The van der Waals surface area contributed by atoms with Crippen molar-refractivity contribution in [3.63, 3.8) is 0 Å². The van der Waals surface area contributed by atoms with Crippen molar-refractivity contribution >= 4 is 20.4 Å². The van der Waals surface area contributed by atoms with Gasteiger partial charge < -0.3 is 13.3 Å². The highest BCUT2D eigenvalue weighted by Crippen LogP contribution is 2.39. The molecule has 2 atom stereocenters. The summed E-state index contributed by atoms with van der Waals surface area (Å²) in [6, 6.07) is 14.5. The van der Waals surface area contributed by atoms with Crippen LogP contribution < -0.4 is 0 Å². The lowest BCUT2D eigenvalue weighted by atomic mass is 9.86. The van der Waals surface area contributed by atoms with Gasteiger partial charge in [-0.15, -0.1) is 11.6 Å². The van der Waals surface area contributed by atoms with Gasteiger partial charge >= 0.3 is 8.80 Å². The van der Waals surface area contributed by atoms with E-state index in [9.17, 15) is 22.0 Å². The van der Waals surface area contributed by atoms with Gasteiger partial charge in [0.15, 0.2) is 23.3 Å². The molecular weight excluding hydrogens is 543 g/mol.